The second kappa shape index (κ2) is 2.50. The predicted molar refractivity (Wildman–Crippen MR) is 46.6 cm³/mol. The monoisotopic (exact) mass is 195 g/mol. The van der Waals surface area contributed by atoms with E-state index in [1.165, 1.54) is 12.3 Å². The van der Waals surface area contributed by atoms with Crippen molar-refractivity contribution < 1.29 is 13.2 Å². The van der Waals surface area contributed by atoms with Crippen LogP contribution in [0.15, 0.2) is 34.2 Å². The van der Waals surface area contributed by atoms with Gasteiger partial charge in [0, 0.05) is 11.8 Å². The van der Waals surface area contributed by atoms with E-state index < -0.39 is 15.1 Å². The summed E-state index contributed by atoms with van der Waals surface area (Å²) in [5.41, 5.74) is 0.460. The zero-order valence-electron chi connectivity index (χ0n) is 6.47. The summed E-state index contributed by atoms with van der Waals surface area (Å²) in [6.45, 7) is 0. The molecule has 1 heterocycles. The first-order valence-corrected chi connectivity index (χ1v) is 5.03. The van der Waals surface area contributed by atoms with Gasteiger partial charge in [-0.1, -0.05) is 18.2 Å². The first kappa shape index (κ1) is 8.12. The summed E-state index contributed by atoms with van der Waals surface area (Å²) in [5, 5.41) is -1.09. The Morgan fingerprint density at radius 1 is 1.15 bits per heavy atom. The molecule has 5 heteroatoms. The van der Waals surface area contributed by atoms with Crippen LogP contribution in [-0.4, -0.2) is 19.9 Å². The van der Waals surface area contributed by atoms with Crippen molar-refractivity contribution in [2.24, 2.45) is 4.99 Å². The van der Waals surface area contributed by atoms with Gasteiger partial charge in [-0.3, -0.25) is 4.79 Å². The highest BCUT2D eigenvalue weighted by molar-refractivity contribution is 8.06. The molecule has 66 valence electrons. The third-order valence-corrected chi connectivity index (χ3v) is 3.26. The molecular formula is C8H5NO3S. The number of rotatable bonds is 0. The summed E-state index contributed by atoms with van der Waals surface area (Å²) in [4.78, 5) is 14.2. The molecule has 0 N–H and O–H groups in total. The summed E-state index contributed by atoms with van der Waals surface area (Å²) in [6.07, 6.45) is 1.26. The highest BCUT2D eigenvalue weighted by Crippen LogP contribution is 2.20. The van der Waals surface area contributed by atoms with Crippen molar-refractivity contribution in [1.29, 1.82) is 0 Å². The summed E-state index contributed by atoms with van der Waals surface area (Å²) in [7, 11) is -3.86. The largest absolute Gasteiger partial charge is 0.366 e. The first-order valence-electron chi connectivity index (χ1n) is 3.54. The summed E-state index contributed by atoms with van der Waals surface area (Å²) < 4.78 is 22.7. The normalized spacial score (nSPS) is 18.3. The minimum absolute atomic E-state index is 0.0370. The Labute approximate surface area is 74.8 Å². The van der Waals surface area contributed by atoms with Gasteiger partial charge in [-0.15, -0.1) is 0 Å². The molecule has 0 saturated heterocycles. The number of carbonyl (C=O) groups excluding carboxylic acids is 1. The third-order valence-electron chi connectivity index (χ3n) is 1.75. The molecule has 1 aromatic rings. The number of amides is 1. The van der Waals surface area contributed by atoms with E-state index in [9.17, 15) is 13.2 Å². The fraction of sp³-hybridized carbons (Fsp3) is 0. The van der Waals surface area contributed by atoms with E-state index in [4.69, 9.17) is 0 Å². The number of hydrogen-bond acceptors (Lipinski definition) is 3. The second-order valence-corrected chi connectivity index (χ2v) is 4.36. The fourth-order valence-electron chi connectivity index (χ4n) is 1.12. The van der Waals surface area contributed by atoms with E-state index in [2.05, 4.69) is 4.99 Å². The zero-order valence-corrected chi connectivity index (χ0v) is 7.28. The third kappa shape index (κ3) is 1.08. The topological polar surface area (TPSA) is 63.6 Å². The molecule has 13 heavy (non-hydrogen) atoms. The molecule has 1 aliphatic rings. The summed E-state index contributed by atoms with van der Waals surface area (Å²) in [6, 6.07) is 6.26. The molecule has 0 atom stereocenters. The molecule has 1 amide bonds. The van der Waals surface area contributed by atoms with Gasteiger partial charge in [-0.2, -0.15) is 0 Å². The fourth-order valence-corrected chi connectivity index (χ4v) is 2.19. The van der Waals surface area contributed by atoms with Gasteiger partial charge in [0.1, 0.15) is 0 Å². The van der Waals surface area contributed by atoms with Crippen LogP contribution in [0.5, 0.6) is 0 Å². The number of fused-ring (bicyclic) bond motifs is 1. The lowest BCUT2D eigenvalue weighted by Crippen LogP contribution is -2.17. The van der Waals surface area contributed by atoms with Crippen molar-refractivity contribution in [2.75, 3.05) is 0 Å². The van der Waals surface area contributed by atoms with Crippen molar-refractivity contribution in [3.8, 4) is 0 Å². The summed E-state index contributed by atoms with van der Waals surface area (Å²) in [5.74, 6) is 0. The number of aliphatic imine (C=N–C) groups is 1. The molecule has 1 aliphatic heterocycles. The maximum atomic E-state index is 11.3. The highest BCUT2D eigenvalue weighted by Gasteiger charge is 2.29. The van der Waals surface area contributed by atoms with Crippen LogP contribution in [0.3, 0.4) is 0 Å². The SMILES string of the molecule is O=C1N=Cc2ccccc2S1(=O)=O. The van der Waals surface area contributed by atoms with E-state index in [-0.39, 0.29) is 4.90 Å². The summed E-state index contributed by atoms with van der Waals surface area (Å²) >= 11 is 0. The van der Waals surface area contributed by atoms with Crippen LogP contribution in [0.4, 0.5) is 4.79 Å². The van der Waals surface area contributed by atoms with E-state index in [0.717, 1.165) is 0 Å². The van der Waals surface area contributed by atoms with Crippen LogP contribution in [0.25, 0.3) is 0 Å². The number of benzene rings is 1. The van der Waals surface area contributed by atoms with Crippen molar-refractivity contribution in [1.82, 2.24) is 0 Å². The number of hydrogen-bond donors (Lipinski definition) is 0. The molecule has 1 aromatic carbocycles. The van der Waals surface area contributed by atoms with Crippen LogP contribution in [0.2, 0.25) is 0 Å². The Hall–Kier alpha value is -1.49. The van der Waals surface area contributed by atoms with Crippen molar-refractivity contribution >= 4 is 21.3 Å². The van der Waals surface area contributed by atoms with Gasteiger partial charge >= 0.3 is 5.24 Å². The lowest BCUT2D eigenvalue weighted by Gasteiger charge is -2.07. The van der Waals surface area contributed by atoms with Crippen molar-refractivity contribution in [3.63, 3.8) is 0 Å². The van der Waals surface area contributed by atoms with Crippen LogP contribution < -0.4 is 0 Å². The number of sulfone groups is 1. The molecule has 0 unspecified atom stereocenters. The van der Waals surface area contributed by atoms with Crippen molar-refractivity contribution in [2.45, 2.75) is 4.90 Å². The average molecular weight is 195 g/mol. The lowest BCUT2D eigenvalue weighted by molar-refractivity contribution is 0.265. The van der Waals surface area contributed by atoms with Gasteiger partial charge in [0.25, 0.3) is 9.84 Å². The van der Waals surface area contributed by atoms with E-state index in [0.29, 0.717) is 5.56 Å². The Morgan fingerprint density at radius 3 is 2.62 bits per heavy atom. The quantitative estimate of drug-likeness (QED) is 0.620. The predicted octanol–water partition coefficient (Wildman–Crippen LogP) is 1.01. The van der Waals surface area contributed by atoms with Gasteiger partial charge in [-0.25, -0.2) is 13.4 Å². The lowest BCUT2D eigenvalue weighted by atomic mass is 10.2. The molecule has 0 radical (unpaired) electrons. The van der Waals surface area contributed by atoms with Gasteiger partial charge in [0.15, 0.2) is 0 Å². The molecular weight excluding hydrogens is 190 g/mol. The molecule has 0 saturated carbocycles. The first-order chi connectivity index (χ1) is 6.12. The number of carbonyl (C=O) groups is 1. The zero-order chi connectivity index (χ0) is 9.47. The molecule has 0 spiro atoms. The highest BCUT2D eigenvalue weighted by atomic mass is 32.2. The number of nitrogens with zero attached hydrogens (tertiary/aromatic N) is 1. The molecule has 0 aromatic heterocycles. The molecule has 4 nitrogen and oxygen atoms in total. The van der Waals surface area contributed by atoms with Crippen molar-refractivity contribution in [3.05, 3.63) is 29.8 Å². The van der Waals surface area contributed by atoms with Crippen LogP contribution in [0, 0.1) is 0 Å². The van der Waals surface area contributed by atoms with E-state index in [1.807, 2.05) is 0 Å². The van der Waals surface area contributed by atoms with Gasteiger partial charge in [0.05, 0.1) is 4.90 Å². The Balaban J connectivity index is 2.83. The van der Waals surface area contributed by atoms with E-state index in [1.54, 1.807) is 18.2 Å². The molecule has 2 rings (SSSR count). The van der Waals surface area contributed by atoms with Crippen LogP contribution in [0.1, 0.15) is 5.56 Å². The van der Waals surface area contributed by atoms with Crippen LogP contribution in [-0.2, 0) is 9.84 Å². The minimum Gasteiger partial charge on any atom is -0.253 e. The maximum Gasteiger partial charge on any atom is 0.366 e. The second-order valence-electron chi connectivity index (χ2n) is 2.57. The van der Waals surface area contributed by atoms with Gasteiger partial charge in [-0.05, 0) is 6.07 Å². The smallest absolute Gasteiger partial charge is 0.253 e. The standard InChI is InChI=1S/C8H5NO3S/c10-8-9-5-6-3-1-2-4-7(6)13(8,11)12/h1-5H. The maximum absolute atomic E-state index is 11.3. The Morgan fingerprint density at radius 2 is 1.85 bits per heavy atom. The van der Waals surface area contributed by atoms with E-state index >= 15 is 0 Å². The van der Waals surface area contributed by atoms with Gasteiger partial charge < -0.3 is 0 Å². The van der Waals surface area contributed by atoms with Crippen LogP contribution >= 0.6 is 0 Å². The Bertz CT molecular complexity index is 502. The molecule has 0 fully saturated rings. The Kier molecular flexibility index (Phi) is 1.56. The average Bonchev–Trinajstić information content (AvgIpc) is 2.13. The molecule has 0 aliphatic carbocycles. The van der Waals surface area contributed by atoms with Gasteiger partial charge in [0.2, 0.25) is 0 Å². The molecule has 0 bridgehead atoms. The minimum atomic E-state index is -3.86.